The van der Waals surface area contributed by atoms with Gasteiger partial charge < -0.3 is 15.4 Å². The van der Waals surface area contributed by atoms with Gasteiger partial charge in [-0.2, -0.15) is 11.8 Å². The molecule has 2 fully saturated rings. The lowest BCUT2D eigenvalue weighted by Gasteiger charge is -2.24. The van der Waals surface area contributed by atoms with Crippen LogP contribution < -0.4 is 15.4 Å². The van der Waals surface area contributed by atoms with E-state index in [0.29, 0.717) is 6.04 Å². The highest BCUT2D eigenvalue weighted by atomic mass is 32.2. The predicted molar refractivity (Wildman–Crippen MR) is 98.3 cm³/mol. The third kappa shape index (κ3) is 5.34. The van der Waals surface area contributed by atoms with Crippen molar-refractivity contribution in [3.63, 3.8) is 0 Å². The molecule has 23 heavy (non-hydrogen) atoms. The van der Waals surface area contributed by atoms with Gasteiger partial charge in [-0.15, -0.1) is 0 Å². The maximum absolute atomic E-state index is 5.97. The van der Waals surface area contributed by atoms with Crippen LogP contribution in [0.4, 0.5) is 0 Å². The van der Waals surface area contributed by atoms with E-state index in [1.807, 2.05) is 24.9 Å². The summed E-state index contributed by atoms with van der Waals surface area (Å²) in [7, 11) is 1.83. The van der Waals surface area contributed by atoms with Crippen molar-refractivity contribution in [2.24, 2.45) is 10.9 Å². The first kappa shape index (κ1) is 16.5. The largest absolute Gasteiger partial charge is 0.493 e. The van der Waals surface area contributed by atoms with Gasteiger partial charge in [0.25, 0.3) is 0 Å². The summed E-state index contributed by atoms with van der Waals surface area (Å²) in [4.78, 5) is 4.36. The maximum atomic E-state index is 5.97. The Kier molecular flexibility index (Phi) is 6.08. The number of nitrogens with zero attached hydrogens (tertiary/aromatic N) is 1. The molecule has 126 valence electrons. The zero-order chi connectivity index (χ0) is 15.9. The minimum Gasteiger partial charge on any atom is -0.493 e. The SMILES string of the molecule is CN=C(NCc1ccccc1OCC1CC1)NC1CCCSC1. The van der Waals surface area contributed by atoms with Crippen molar-refractivity contribution in [1.82, 2.24) is 10.6 Å². The first-order chi connectivity index (χ1) is 11.3. The number of hydrogen-bond donors (Lipinski definition) is 2. The monoisotopic (exact) mass is 333 g/mol. The fourth-order valence-corrected chi connectivity index (χ4v) is 3.78. The van der Waals surface area contributed by atoms with Crippen molar-refractivity contribution in [3.8, 4) is 5.75 Å². The quantitative estimate of drug-likeness (QED) is 0.620. The van der Waals surface area contributed by atoms with Crippen LogP contribution in [0.2, 0.25) is 0 Å². The molecule has 1 atom stereocenters. The summed E-state index contributed by atoms with van der Waals surface area (Å²) in [6.07, 6.45) is 5.15. The van der Waals surface area contributed by atoms with Gasteiger partial charge in [-0.05, 0) is 43.4 Å². The second kappa shape index (κ2) is 8.48. The molecule has 1 aromatic carbocycles. The normalized spacial score (nSPS) is 21.8. The number of nitrogens with one attached hydrogen (secondary N) is 2. The highest BCUT2D eigenvalue weighted by Crippen LogP contribution is 2.30. The Hall–Kier alpha value is -1.36. The number of rotatable bonds is 6. The molecule has 0 spiro atoms. The van der Waals surface area contributed by atoms with E-state index < -0.39 is 0 Å². The Bertz CT molecular complexity index is 525. The van der Waals surface area contributed by atoms with Crippen LogP contribution in [0.15, 0.2) is 29.3 Å². The van der Waals surface area contributed by atoms with E-state index >= 15 is 0 Å². The van der Waals surface area contributed by atoms with Gasteiger partial charge in [-0.25, -0.2) is 0 Å². The van der Waals surface area contributed by atoms with Gasteiger partial charge in [0.2, 0.25) is 0 Å². The van der Waals surface area contributed by atoms with Gasteiger partial charge in [0, 0.05) is 31.0 Å². The van der Waals surface area contributed by atoms with Crippen molar-refractivity contribution in [1.29, 1.82) is 0 Å². The molecule has 0 aromatic heterocycles. The highest BCUT2D eigenvalue weighted by Gasteiger charge is 2.22. The summed E-state index contributed by atoms with van der Waals surface area (Å²) in [6, 6.07) is 8.82. The molecule has 2 aliphatic rings. The molecule has 1 aliphatic carbocycles. The first-order valence-corrected chi connectivity index (χ1v) is 9.76. The predicted octanol–water partition coefficient (Wildman–Crippen LogP) is 3.04. The molecule has 1 saturated heterocycles. The molecule has 1 aliphatic heterocycles. The molecular weight excluding hydrogens is 306 g/mol. The molecule has 1 heterocycles. The number of benzene rings is 1. The summed E-state index contributed by atoms with van der Waals surface area (Å²) in [5.74, 6) is 5.11. The summed E-state index contributed by atoms with van der Waals surface area (Å²) < 4.78 is 5.97. The molecule has 3 rings (SSSR count). The van der Waals surface area contributed by atoms with Crippen LogP contribution >= 0.6 is 11.8 Å². The molecule has 5 heteroatoms. The number of guanidine groups is 1. The van der Waals surface area contributed by atoms with Crippen LogP contribution in [0.3, 0.4) is 0 Å². The minimum atomic E-state index is 0.529. The Morgan fingerprint density at radius 2 is 2.17 bits per heavy atom. The lowest BCUT2D eigenvalue weighted by molar-refractivity contribution is 0.296. The van der Waals surface area contributed by atoms with Gasteiger partial charge in [0.05, 0.1) is 6.61 Å². The van der Waals surface area contributed by atoms with Gasteiger partial charge >= 0.3 is 0 Å². The van der Waals surface area contributed by atoms with Crippen LogP contribution in [-0.4, -0.2) is 37.2 Å². The van der Waals surface area contributed by atoms with E-state index in [2.05, 4.69) is 33.8 Å². The van der Waals surface area contributed by atoms with Gasteiger partial charge in [0.15, 0.2) is 5.96 Å². The van der Waals surface area contributed by atoms with Crippen molar-refractivity contribution >= 4 is 17.7 Å². The molecule has 2 N–H and O–H groups in total. The Morgan fingerprint density at radius 1 is 1.30 bits per heavy atom. The number of thioether (sulfide) groups is 1. The van der Waals surface area contributed by atoms with Crippen LogP contribution in [0.5, 0.6) is 5.75 Å². The molecule has 1 unspecified atom stereocenters. The zero-order valence-electron chi connectivity index (χ0n) is 13.9. The van der Waals surface area contributed by atoms with Crippen LogP contribution in [0, 0.1) is 5.92 Å². The third-order valence-electron chi connectivity index (χ3n) is 4.32. The summed E-state index contributed by atoms with van der Waals surface area (Å²) in [6.45, 7) is 1.59. The van der Waals surface area contributed by atoms with E-state index in [-0.39, 0.29) is 0 Å². The molecule has 0 amide bonds. The Balaban J connectivity index is 1.51. The highest BCUT2D eigenvalue weighted by molar-refractivity contribution is 7.99. The topological polar surface area (TPSA) is 45.7 Å². The number of ether oxygens (including phenoxy) is 1. The molecular formula is C18H27N3OS. The summed E-state index contributed by atoms with van der Waals surface area (Å²) in [5.41, 5.74) is 1.19. The second-order valence-corrected chi connectivity index (χ2v) is 7.50. The van der Waals surface area contributed by atoms with Crippen LogP contribution in [0.25, 0.3) is 0 Å². The first-order valence-electron chi connectivity index (χ1n) is 8.61. The molecule has 4 nitrogen and oxygen atoms in total. The van der Waals surface area contributed by atoms with E-state index in [4.69, 9.17) is 4.74 Å². The van der Waals surface area contributed by atoms with Gasteiger partial charge in [-0.1, -0.05) is 18.2 Å². The maximum Gasteiger partial charge on any atom is 0.191 e. The average molecular weight is 334 g/mol. The fourth-order valence-electron chi connectivity index (χ4n) is 2.70. The average Bonchev–Trinajstić information content (AvgIpc) is 3.43. The van der Waals surface area contributed by atoms with Crippen LogP contribution in [0.1, 0.15) is 31.2 Å². The smallest absolute Gasteiger partial charge is 0.191 e. The van der Waals surface area contributed by atoms with E-state index in [9.17, 15) is 0 Å². The summed E-state index contributed by atoms with van der Waals surface area (Å²) in [5, 5.41) is 6.96. The minimum absolute atomic E-state index is 0.529. The number of para-hydroxylation sites is 1. The molecule has 0 radical (unpaired) electrons. The van der Waals surface area contributed by atoms with E-state index in [0.717, 1.165) is 30.8 Å². The second-order valence-electron chi connectivity index (χ2n) is 6.35. The lowest BCUT2D eigenvalue weighted by Crippen LogP contribution is -2.45. The Morgan fingerprint density at radius 3 is 2.91 bits per heavy atom. The lowest BCUT2D eigenvalue weighted by atomic mass is 10.2. The third-order valence-corrected chi connectivity index (χ3v) is 5.53. The Labute approximate surface area is 143 Å². The summed E-state index contributed by atoms with van der Waals surface area (Å²) >= 11 is 2.02. The van der Waals surface area contributed by atoms with Crippen molar-refractivity contribution in [3.05, 3.63) is 29.8 Å². The number of aliphatic imine (C=N–C) groups is 1. The standard InChI is InChI=1S/C18H27N3OS/c1-19-18(21-16-6-4-10-23-13-16)20-11-15-5-2-3-7-17(15)22-12-14-8-9-14/h2-3,5,7,14,16H,4,6,8-13H2,1H3,(H2,19,20,21). The molecule has 1 saturated carbocycles. The van der Waals surface area contributed by atoms with Crippen LogP contribution in [-0.2, 0) is 6.54 Å². The van der Waals surface area contributed by atoms with Crippen molar-refractivity contribution in [2.45, 2.75) is 38.3 Å². The van der Waals surface area contributed by atoms with E-state index in [1.54, 1.807) is 0 Å². The zero-order valence-corrected chi connectivity index (χ0v) is 14.7. The van der Waals surface area contributed by atoms with Gasteiger partial charge in [0.1, 0.15) is 5.75 Å². The number of hydrogen-bond acceptors (Lipinski definition) is 3. The molecule has 1 aromatic rings. The van der Waals surface area contributed by atoms with Crippen molar-refractivity contribution in [2.75, 3.05) is 25.2 Å². The fraction of sp³-hybridized carbons (Fsp3) is 0.611. The van der Waals surface area contributed by atoms with Gasteiger partial charge in [-0.3, -0.25) is 4.99 Å². The molecule has 0 bridgehead atoms. The van der Waals surface area contributed by atoms with E-state index in [1.165, 1.54) is 42.8 Å². The van der Waals surface area contributed by atoms with Crippen molar-refractivity contribution < 1.29 is 4.74 Å².